The molecule has 2 aromatic heterocycles. The molecule has 128 valence electrons. The summed E-state index contributed by atoms with van der Waals surface area (Å²) in [6.45, 7) is 1.53. The van der Waals surface area contributed by atoms with Crippen LogP contribution in [0.4, 0.5) is 0 Å². The number of para-hydroxylation sites is 1. The van der Waals surface area contributed by atoms with Gasteiger partial charge in [0.2, 0.25) is 4.96 Å². The summed E-state index contributed by atoms with van der Waals surface area (Å²) in [5, 5.41) is 4.01. The second kappa shape index (κ2) is 6.53. The summed E-state index contributed by atoms with van der Waals surface area (Å²) >= 11 is 1.13. The van der Waals surface area contributed by atoms with Crippen molar-refractivity contribution >= 4 is 22.4 Å². The average Bonchev–Trinajstić information content (AvgIpc) is 2.92. The van der Waals surface area contributed by atoms with Crippen LogP contribution in [-0.2, 0) is 0 Å². The number of hydrogen-bond donors (Lipinski definition) is 0. The first kappa shape index (κ1) is 16.2. The summed E-state index contributed by atoms with van der Waals surface area (Å²) in [4.78, 5) is 28.3. The van der Waals surface area contributed by atoms with Gasteiger partial charge in [-0.2, -0.15) is 14.6 Å². The van der Waals surface area contributed by atoms with Crippen LogP contribution in [-0.4, -0.2) is 14.6 Å². The van der Waals surface area contributed by atoms with Gasteiger partial charge in [0.05, 0.1) is 4.53 Å². The Morgan fingerprint density at radius 3 is 2.62 bits per heavy atom. The van der Waals surface area contributed by atoms with Gasteiger partial charge in [-0.05, 0) is 42.8 Å². The Balaban J connectivity index is 1.76. The zero-order chi connectivity index (χ0) is 18.1. The van der Waals surface area contributed by atoms with E-state index in [1.165, 1.54) is 6.92 Å². The van der Waals surface area contributed by atoms with E-state index in [1.54, 1.807) is 6.08 Å². The summed E-state index contributed by atoms with van der Waals surface area (Å²) < 4.78 is 7.43. The van der Waals surface area contributed by atoms with Crippen LogP contribution >= 0.6 is 11.3 Å². The molecule has 0 bridgehead atoms. The van der Waals surface area contributed by atoms with Gasteiger partial charge in [-0.15, -0.1) is 0 Å². The Labute approximate surface area is 151 Å². The lowest BCUT2D eigenvalue weighted by molar-refractivity contribution is 0.482. The first-order chi connectivity index (χ1) is 12.6. The van der Waals surface area contributed by atoms with Gasteiger partial charge in [0.25, 0.3) is 11.1 Å². The summed E-state index contributed by atoms with van der Waals surface area (Å²) in [5.74, 6) is 1.40. The van der Waals surface area contributed by atoms with Gasteiger partial charge in [-0.1, -0.05) is 41.7 Å². The van der Waals surface area contributed by atoms with E-state index < -0.39 is 5.56 Å². The molecule has 6 nitrogen and oxygen atoms in total. The molecular weight excluding hydrogens is 350 g/mol. The van der Waals surface area contributed by atoms with Crippen molar-refractivity contribution in [2.24, 2.45) is 0 Å². The molecular formula is C19H13N3O3S. The molecule has 0 N–H and O–H groups in total. The molecule has 7 heteroatoms. The Morgan fingerprint density at radius 2 is 1.81 bits per heavy atom. The lowest BCUT2D eigenvalue weighted by Gasteiger charge is -2.05. The third-order valence-electron chi connectivity index (χ3n) is 3.68. The highest BCUT2D eigenvalue weighted by molar-refractivity contribution is 7.15. The Morgan fingerprint density at radius 1 is 1.04 bits per heavy atom. The van der Waals surface area contributed by atoms with Crippen LogP contribution < -0.4 is 20.4 Å². The van der Waals surface area contributed by atoms with Crippen LogP contribution in [0.15, 0.2) is 64.2 Å². The molecule has 0 amide bonds. The van der Waals surface area contributed by atoms with E-state index in [0.29, 0.717) is 10.3 Å². The van der Waals surface area contributed by atoms with Crippen LogP contribution in [0.1, 0.15) is 11.3 Å². The van der Waals surface area contributed by atoms with Gasteiger partial charge >= 0.3 is 0 Å². The number of hydrogen-bond acceptors (Lipinski definition) is 6. The van der Waals surface area contributed by atoms with Crippen LogP contribution in [0.3, 0.4) is 0 Å². The Hall–Kier alpha value is -3.32. The van der Waals surface area contributed by atoms with Crippen molar-refractivity contribution in [2.45, 2.75) is 6.92 Å². The van der Waals surface area contributed by atoms with E-state index in [9.17, 15) is 9.59 Å². The molecule has 0 atom stereocenters. The normalized spacial score (nSPS) is 11.8. The van der Waals surface area contributed by atoms with Gasteiger partial charge in [0.1, 0.15) is 17.2 Å². The van der Waals surface area contributed by atoms with Gasteiger partial charge in [0, 0.05) is 0 Å². The first-order valence-corrected chi connectivity index (χ1v) is 8.67. The summed E-state index contributed by atoms with van der Waals surface area (Å²) in [6.07, 6.45) is 1.74. The third-order valence-corrected chi connectivity index (χ3v) is 4.64. The second-order valence-electron chi connectivity index (χ2n) is 5.60. The Bertz CT molecular complexity index is 1260. The molecule has 0 radical (unpaired) electrons. The largest absolute Gasteiger partial charge is 0.457 e. The van der Waals surface area contributed by atoms with Crippen molar-refractivity contribution in [2.75, 3.05) is 0 Å². The number of thiazole rings is 1. The highest BCUT2D eigenvalue weighted by atomic mass is 32.1. The highest BCUT2D eigenvalue weighted by Crippen LogP contribution is 2.22. The standard InChI is InChI=1S/C19H13N3O3S/c1-12-17(23)20-19-22(21-12)18(24)16(26-19)11-13-6-5-9-15(10-13)25-14-7-3-2-4-8-14/h2-11H,1H3. The van der Waals surface area contributed by atoms with Crippen LogP contribution in [0.25, 0.3) is 11.0 Å². The van der Waals surface area contributed by atoms with Gasteiger partial charge in [-0.25, -0.2) is 0 Å². The van der Waals surface area contributed by atoms with Crippen LogP contribution in [0.2, 0.25) is 0 Å². The number of benzene rings is 2. The molecule has 0 aliphatic carbocycles. The summed E-state index contributed by atoms with van der Waals surface area (Å²) in [6, 6.07) is 16.9. The van der Waals surface area contributed by atoms with E-state index in [2.05, 4.69) is 10.1 Å². The molecule has 0 aliphatic heterocycles. The second-order valence-corrected chi connectivity index (χ2v) is 6.61. The molecule has 0 saturated carbocycles. The lowest BCUT2D eigenvalue weighted by Crippen LogP contribution is -2.27. The van der Waals surface area contributed by atoms with Crippen molar-refractivity contribution in [3.05, 3.63) is 91.1 Å². The van der Waals surface area contributed by atoms with Crippen molar-refractivity contribution in [1.82, 2.24) is 14.6 Å². The highest BCUT2D eigenvalue weighted by Gasteiger charge is 2.08. The third kappa shape index (κ3) is 3.12. The molecule has 0 fully saturated rings. The summed E-state index contributed by atoms with van der Waals surface area (Å²) in [5.41, 5.74) is 0.287. The predicted octanol–water partition coefficient (Wildman–Crippen LogP) is 2.16. The maximum Gasteiger partial charge on any atom is 0.295 e. The monoisotopic (exact) mass is 363 g/mol. The van der Waals surface area contributed by atoms with Gasteiger partial charge in [0.15, 0.2) is 0 Å². The fourth-order valence-electron chi connectivity index (χ4n) is 2.43. The molecule has 2 heterocycles. The molecule has 4 rings (SSSR count). The minimum Gasteiger partial charge on any atom is -0.457 e. The van der Waals surface area contributed by atoms with Gasteiger partial charge in [-0.3, -0.25) is 9.59 Å². The number of aromatic nitrogens is 3. The molecule has 0 saturated heterocycles. The maximum absolute atomic E-state index is 12.5. The number of nitrogens with zero attached hydrogens (tertiary/aromatic N) is 3. The van der Waals surface area contributed by atoms with Gasteiger partial charge < -0.3 is 4.74 Å². The van der Waals surface area contributed by atoms with Crippen molar-refractivity contribution < 1.29 is 4.74 Å². The minimum absolute atomic E-state index is 0.196. The molecule has 0 spiro atoms. The smallest absolute Gasteiger partial charge is 0.295 e. The number of aryl methyl sites for hydroxylation is 1. The molecule has 4 aromatic rings. The van der Waals surface area contributed by atoms with E-state index in [1.807, 2.05) is 54.6 Å². The fourth-order valence-corrected chi connectivity index (χ4v) is 3.33. The molecule has 2 aromatic carbocycles. The predicted molar refractivity (Wildman–Crippen MR) is 99.9 cm³/mol. The zero-order valence-electron chi connectivity index (χ0n) is 13.7. The quantitative estimate of drug-likeness (QED) is 0.558. The van der Waals surface area contributed by atoms with E-state index in [4.69, 9.17) is 4.74 Å². The number of fused-ring (bicyclic) bond motifs is 1. The van der Waals surface area contributed by atoms with Crippen molar-refractivity contribution in [3.8, 4) is 11.5 Å². The van der Waals surface area contributed by atoms with E-state index >= 15 is 0 Å². The lowest BCUT2D eigenvalue weighted by atomic mass is 10.2. The number of rotatable bonds is 3. The SMILES string of the molecule is Cc1nn2c(=O)c(=Cc3cccc(Oc4ccccc4)c3)sc2nc1=O. The molecule has 26 heavy (non-hydrogen) atoms. The summed E-state index contributed by atoms with van der Waals surface area (Å²) in [7, 11) is 0. The maximum atomic E-state index is 12.5. The fraction of sp³-hybridized carbons (Fsp3) is 0.0526. The average molecular weight is 363 g/mol. The van der Waals surface area contributed by atoms with Crippen molar-refractivity contribution in [1.29, 1.82) is 0 Å². The van der Waals surface area contributed by atoms with Crippen LogP contribution in [0.5, 0.6) is 11.5 Å². The molecule has 0 aliphatic rings. The number of ether oxygens (including phenoxy) is 1. The first-order valence-electron chi connectivity index (χ1n) is 7.85. The topological polar surface area (TPSA) is 73.6 Å². The van der Waals surface area contributed by atoms with Crippen molar-refractivity contribution in [3.63, 3.8) is 0 Å². The van der Waals surface area contributed by atoms with E-state index in [0.717, 1.165) is 27.2 Å². The zero-order valence-corrected chi connectivity index (χ0v) is 14.6. The Kier molecular flexibility index (Phi) is 4.06. The van der Waals surface area contributed by atoms with E-state index in [-0.39, 0.29) is 16.2 Å². The minimum atomic E-state index is -0.420. The van der Waals surface area contributed by atoms with Crippen LogP contribution in [0, 0.1) is 6.92 Å². The molecule has 0 unspecified atom stereocenters.